The van der Waals surface area contributed by atoms with Crippen molar-refractivity contribution in [3.63, 3.8) is 0 Å². The number of aromatic carboxylic acids is 1. The highest BCUT2D eigenvalue weighted by atomic mass is 16.4. The summed E-state index contributed by atoms with van der Waals surface area (Å²) in [6, 6.07) is 19.3. The highest BCUT2D eigenvalue weighted by Gasteiger charge is 2.21. The minimum absolute atomic E-state index is 0.0155. The summed E-state index contributed by atoms with van der Waals surface area (Å²) in [7, 11) is 1.57. The third-order valence-electron chi connectivity index (χ3n) is 4.57. The third kappa shape index (κ3) is 3.83. The Hall–Kier alpha value is -4.20. The summed E-state index contributed by atoms with van der Waals surface area (Å²) in [6.45, 7) is 0.184. The van der Waals surface area contributed by atoms with E-state index in [0.29, 0.717) is 0 Å². The second-order valence-electron chi connectivity index (χ2n) is 6.70. The fourth-order valence-electron chi connectivity index (χ4n) is 3.17. The molecule has 150 valence electrons. The molecule has 0 spiro atoms. The van der Waals surface area contributed by atoms with Crippen molar-refractivity contribution in [3.05, 3.63) is 89.9 Å². The first kappa shape index (κ1) is 19.1. The van der Waals surface area contributed by atoms with Gasteiger partial charge in [-0.2, -0.15) is 10.2 Å². The molecule has 8 heteroatoms. The van der Waals surface area contributed by atoms with Crippen LogP contribution >= 0.6 is 0 Å². The molecule has 0 radical (unpaired) electrons. The van der Waals surface area contributed by atoms with E-state index in [1.807, 2.05) is 66.9 Å². The Morgan fingerprint density at radius 1 is 0.967 bits per heavy atom. The number of nitrogens with one attached hydrogen (secondary N) is 1. The molecule has 2 aromatic heterocycles. The van der Waals surface area contributed by atoms with Gasteiger partial charge in [0, 0.05) is 37.1 Å². The molecule has 1 amide bonds. The second-order valence-corrected chi connectivity index (χ2v) is 6.70. The standard InChI is InChI=1S/C22H19N5O3/c1-26-14-18(20(24-26)22(29)30)21(28)23-12-16-13-27(17-10-6-3-7-11-17)25-19(16)15-8-4-2-5-9-15/h2-11,13-14H,12H2,1H3,(H,23,28)(H,29,30). The number of aromatic nitrogens is 4. The van der Waals surface area contributed by atoms with Crippen LogP contribution in [0.25, 0.3) is 16.9 Å². The van der Waals surface area contributed by atoms with E-state index in [4.69, 9.17) is 5.10 Å². The lowest BCUT2D eigenvalue weighted by molar-refractivity contribution is 0.0684. The van der Waals surface area contributed by atoms with Crippen molar-refractivity contribution in [2.45, 2.75) is 6.54 Å². The normalized spacial score (nSPS) is 10.7. The molecule has 0 atom stereocenters. The maximum Gasteiger partial charge on any atom is 0.357 e. The van der Waals surface area contributed by atoms with Crippen molar-refractivity contribution in [2.75, 3.05) is 0 Å². The van der Waals surface area contributed by atoms with E-state index in [2.05, 4.69) is 10.4 Å². The first-order chi connectivity index (χ1) is 14.5. The molecule has 0 aliphatic rings. The van der Waals surface area contributed by atoms with Crippen LogP contribution in [0.2, 0.25) is 0 Å². The number of rotatable bonds is 6. The van der Waals surface area contributed by atoms with Crippen molar-refractivity contribution in [1.82, 2.24) is 24.9 Å². The molecular weight excluding hydrogens is 382 g/mol. The van der Waals surface area contributed by atoms with Crippen LogP contribution in [0.3, 0.4) is 0 Å². The highest BCUT2D eigenvalue weighted by Crippen LogP contribution is 2.23. The van der Waals surface area contributed by atoms with Gasteiger partial charge in [0.25, 0.3) is 5.91 Å². The third-order valence-corrected chi connectivity index (χ3v) is 4.57. The lowest BCUT2D eigenvalue weighted by atomic mass is 10.1. The predicted molar refractivity (Wildman–Crippen MR) is 110 cm³/mol. The van der Waals surface area contributed by atoms with Crippen LogP contribution in [0.15, 0.2) is 73.1 Å². The SMILES string of the molecule is Cn1cc(C(=O)NCc2cn(-c3ccccc3)nc2-c2ccccc2)c(C(=O)O)n1. The lowest BCUT2D eigenvalue weighted by Gasteiger charge is -2.05. The zero-order chi connectivity index (χ0) is 21.1. The molecule has 2 heterocycles. The Morgan fingerprint density at radius 2 is 1.63 bits per heavy atom. The van der Waals surface area contributed by atoms with Crippen LogP contribution in [-0.2, 0) is 13.6 Å². The van der Waals surface area contributed by atoms with E-state index in [-0.39, 0.29) is 17.8 Å². The van der Waals surface area contributed by atoms with Gasteiger partial charge in [-0.1, -0.05) is 48.5 Å². The molecule has 0 bridgehead atoms. The number of hydrogen-bond donors (Lipinski definition) is 2. The topological polar surface area (TPSA) is 102 Å². The summed E-state index contributed by atoms with van der Waals surface area (Å²) in [5.74, 6) is -1.76. The fraction of sp³-hybridized carbons (Fsp3) is 0.0909. The molecule has 2 N–H and O–H groups in total. The summed E-state index contributed by atoms with van der Waals surface area (Å²) >= 11 is 0. The van der Waals surface area contributed by atoms with Crippen molar-refractivity contribution in [3.8, 4) is 16.9 Å². The highest BCUT2D eigenvalue weighted by molar-refractivity contribution is 6.03. The summed E-state index contributed by atoms with van der Waals surface area (Å²) < 4.78 is 3.07. The van der Waals surface area contributed by atoms with Gasteiger partial charge in [-0.05, 0) is 12.1 Å². The van der Waals surface area contributed by atoms with Crippen molar-refractivity contribution in [1.29, 1.82) is 0 Å². The zero-order valence-electron chi connectivity index (χ0n) is 16.2. The Morgan fingerprint density at radius 3 is 2.30 bits per heavy atom. The number of carboxylic acids is 1. The first-order valence-corrected chi connectivity index (χ1v) is 9.27. The minimum Gasteiger partial charge on any atom is -0.476 e. The molecule has 2 aromatic carbocycles. The van der Waals surface area contributed by atoms with E-state index in [1.165, 1.54) is 10.9 Å². The summed E-state index contributed by atoms with van der Waals surface area (Å²) in [4.78, 5) is 24.0. The zero-order valence-corrected chi connectivity index (χ0v) is 16.2. The quantitative estimate of drug-likeness (QED) is 0.517. The van der Waals surface area contributed by atoms with Gasteiger partial charge in [0.2, 0.25) is 0 Å². The van der Waals surface area contributed by atoms with Crippen LogP contribution in [0.5, 0.6) is 0 Å². The largest absolute Gasteiger partial charge is 0.476 e. The van der Waals surface area contributed by atoms with E-state index in [0.717, 1.165) is 22.5 Å². The molecule has 0 unspecified atom stereocenters. The lowest BCUT2D eigenvalue weighted by Crippen LogP contribution is -2.24. The molecule has 8 nitrogen and oxygen atoms in total. The molecule has 4 aromatic rings. The van der Waals surface area contributed by atoms with Crippen LogP contribution in [0.4, 0.5) is 0 Å². The Kier molecular flexibility index (Phi) is 5.13. The Labute approximate surface area is 172 Å². The van der Waals surface area contributed by atoms with Crippen LogP contribution in [-0.4, -0.2) is 36.5 Å². The van der Waals surface area contributed by atoms with Gasteiger partial charge in [-0.15, -0.1) is 0 Å². The van der Waals surface area contributed by atoms with Gasteiger partial charge in [-0.25, -0.2) is 9.48 Å². The molecule has 0 saturated heterocycles. The van der Waals surface area contributed by atoms with Crippen molar-refractivity contribution < 1.29 is 14.7 Å². The van der Waals surface area contributed by atoms with Crippen molar-refractivity contribution >= 4 is 11.9 Å². The summed E-state index contributed by atoms with van der Waals surface area (Å²) in [5.41, 5.74) is 3.10. The molecule has 0 saturated carbocycles. The van der Waals surface area contributed by atoms with E-state index in [1.54, 1.807) is 11.7 Å². The molecule has 4 rings (SSSR count). The van der Waals surface area contributed by atoms with Gasteiger partial charge < -0.3 is 10.4 Å². The minimum atomic E-state index is -1.25. The molecular formula is C22H19N5O3. The van der Waals surface area contributed by atoms with Crippen LogP contribution < -0.4 is 5.32 Å². The maximum absolute atomic E-state index is 12.6. The summed E-state index contributed by atoms with van der Waals surface area (Å²) in [5, 5.41) is 20.6. The summed E-state index contributed by atoms with van der Waals surface area (Å²) in [6.07, 6.45) is 3.25. The van der Waals surface area contributed by atoms with Gasteiger partial charge >= 0.3 is 5.97 Å². The van der Waals surface area contributed by atoms with Crippen molar-refractivity contribution in [2.24, 2.45) is 7.05 Å². The average molecular weight is 401 g/mol. The number of hydrogen-bond acceptors (Lipinski definition) is 4. The van der Waals surface area contributed by atoms with E-state index >= 15 is 0 Å². The number of benzene rings is 2. The smallest absolute Gasteiger partial charge is 0.357 e. The Bertz CT molecular complexity index is 1200. The monoisotopic (exact) mass is 401 g/mol. The van der Waals surface area contributed by atoms with Gasteiger partial charge in [0.15, 0.2) is 5.69 Å². The molecule has 0 aliphatic carbocycles. The first-order valence-electron chi connectivity index (χ1n) is 9.27. The molecule has 0 fully saturated rings. The van der Waals surface area contributed by atoms with Gasteiger partial charge in [-0.3, -0.25) is 9.48 Å². The number of nitrogens with zero attached hydrogens (tertiary/aromatic N) is 4. The molecule has 30 heavy (non-hydrogen) atoms. The van der Waals surface area contributed by atoms with E-state index in [9.17, 15) is 14.7 Å². The molecule has 0 aliphatic heterocycles. The number of carboxylic acid groups (broad SMARTS) is 1. The Balaban J connectivity index is 1.64. The average Bonchev–Trinajstić information content (AvgIpc) is 3.37. The predicted octanol–water partition coefficient (Wildman–Crippen LogP) is 2.90. The van der Waals surface area contributed by atoms with E-state index < -0.39 is 11.9 Å². The fourth-order valence-corrected chi connectivity index (χ4v) is 3.17. The van der Waals surface area contributed by atoms with Crippen LogP contribution in [0, 0.1) is 0 Å². The second kappa shape index (κ2) is 8.04. The maximum atomic E-state index is 12.6. The number of carbonyl (C=O) groups is 2. The number of carbonyl (C=O) groups excluding carboxylic acids is 1. The van der Waals surface area contributed by atoms with Gasteiger partial charge in [0.1, 0.15) is 0 Å². The number of amides is 1. The number of para-hydroxylation sites is 1. The van der Waals surface area contributed by atoms with Gasteiger partial charge in [0.05, 0.1) is 16.9 Å². The van der Waals surface area contributed by atoms with Crippen LogP contribution in [0.1, 0.15) is 26.4 Å². The number of aryl methyl sites for hydroxylation is 1.